The number of halogens is 1. The summed E-state index contributed by atoms with van der Waals surface area (Å²) in [5, 5.41) is 0.762. The molecule has 1 heterocycles. The molecule has 1 saturated heterocycles. The topological polar surface area (TPSA) is 13.7 Å². The number of ether oxygens (including phenoxy) is 1. The molecule has 1 N–H and O–H groups in total. The van der Waals surface area contributed by atoms with Gasteiger partial charge in [0.15, 0.2) is 0 Å². The average molecular weight is 297 g/mol. The lowest BCUT2D eigenvalue weighted by atomic mass is 10.1. The molecular formula is C17H27ClNO+. The summed E-state index contributed by atoms with van der Waals surface area (Å²) < 4.78 is 5.69. The number of piperidine rings is 1. The van der Waals surface area contributed by atoms with Gasteiger partial charge in [0, 0.05) is 5.02 Å². The van der Waals surface area contributed by atoms with E-state index in [9.17, 15) is 0 Å². The number of hydrogen-bond donors (Lipinski definition) is 1. The van der Waals surface area contributed by atoms with Crippen molar-refractivity contribution in [2.75, 3.05) is 26.2 Å². The van der Waals surface area contributed by atoms with Crippen LogP contribution < -0.4 is 9.64 Å². The van der Waals surface area contributed by atoms with E-state index in [-0.39, 0.29) is 0 Å². The van der Waals surface area contributed by atoms with Gasteiger partial charge in [0.25, 0.3) is 0 Å². The molecule has 0 amide bonds. The van der Waals surface area contributed by atoms with E-state index < -0.39 is 0 Å². The second-order valence-corrected chi connectivity index (χ2v) is 6.21. The van der Waals surface area contributed by atoms with Crippen LogP contribution in [-0.4, -0.2) is 26.2 Å². The molecule has 0 unspecified atom stereocenters. The molecule has 1 aromatic carbocycles. The van der Waals surface area contributed by atoms with Gasteiger partial charge >= 0.3 is 0 Å². The van der Waals surface area contributed by atoms with Crippen molar-refractivity contribution >= 4 is 11.6 Å². The molecule has 1 aromatic rings. The Morgan fingerprint density at radius 2 is 1.60 bits per heavy atom. The zero-order chi connectivity index (χ0) is 14.0. The SMILES string of the molecule is Clc1ccc(OCCCCCC[NH+]2CCCCC2)cc1. The third kappa shape index (κ3) is 6.15. The van der Waals surface area contributed by atoms with Crippen molar-refractivity contribution in [3.05, 3.63) is 29.3 Å². The Bertz CT molecular complexity index is 360. The molecule has 0 saturated carbocycles. The Labute approximate surface area is 128 Å². The van der Waals surface area contributed by atoms with Gasteiger partial charge in [-0.15, -0.1) is 0 Å². The van der Waals surface area contributed by atoms with Crippen molar-refractivity contribution in [3.8, 4) is 5.75 Å². The van der Waals surface area contributed by atoms with E-state index >= 15 is 0 Å². The second-order valence-electron chi connectivity index (χ2n) is 5.78. The van der Waals surface area contributed by atoms with Crippen molar-refractivity contribution in [1.29, 1.82) is 0 Å². The lowest BCUT2D eigenvalue weighted by Crippen LogP contribution is -3.12. The quantitative estimate of drug-likeness (QED) is 0.726. The fraction of sp³-hybridized carbons (Fsp3) is 0.647. The lowest BCUT2D eigenvalue weighted by Gasteiger charge is -2.23. The number of likely N-dealkylation sites (tertiary alicyclic amines) is 1. The van der Waals surface area contributed by atoms with E-state index in [1.54, 1.807) is 0 Å². The van der Waals surface area contributed by atoms with Crippen LogP contribution in [0, 0.1) is 0 Å². The molecule has 0 radical (unpaired) electrons. The van der Waals surface area contributed by atoms with Crippen LogP contribution in [-0.2, 0) is 0 Å². The summed E-state index contributed by atoms with van der Waals surface area (Å²) >= 11 is 5.84. The van der Waals surface area contributed by atoms with Gasteiger partial charge < -0.3 is 9.64 Å². The smallest absolute Gasteiger partial charge is 0.119 e. The summed E-state index contributed by atoms with van der Waals surface area (Å²) in [6.07, 6.45) is 9.46. The number of rotatable bonds is 8. The van der Waals surface area contributed by atoms with E-state index in [2.05, 4.69) is 0 Å². The van der Waals surface area contributed by atoms with Crippen molar-refractivity contribution in [2.45, 2.75) is 44.9 Å². The number of nitrogens with one attached hydrogen (secondary N) is 1. The highest BCUT2D eigenvalue weighted by Gasteiger charge is 2.11. The van der Waals surface area contributed by atoms with Crippen molar-refractivity contribution in [1.82, 2.24) is 0 Å². The van der Waals surface area contributed by atoms with Crippen molar-refractivity contribution in [2.24, 2.45) is 0 Å². The number of quaternary nitrogens is 1. The summed E-state index contributed by atoms with van der Waals surface area (Å²) in [7, 11) is 0. The van der Waals surface area contributed by atoms with Gasteiger partial charge in [-0.2, -0.15) is 0 Å². The first-order valence-electron chi connectivity index (χ1n) is 8.06. The minimum absolute atomic E-state index is 0.762. The van der Waals surface area contributed by atoms with E-state index in [4.69, 9.17) is 16.3 Å². The fourth-order valence-electron chi connectivity index (χ4n) is 2.85. The fourth-order valence-corrected chi connectivity index (χ4v) is 2.98. The minimum atomic E-state index is 0.762. The minimum Gasteiger partial charge on any atom is -0.494 e. The molecule has 0 aromatic heterocycles. The molecule has 112 valence electrons. The van der Waals surface area contributed by atoms with E-state index in [1.807, 2.05) is 29.2 Å². The van der Waals surface area contributed by atoms with Crippen LogP contribution in [0.15, 0.2) is 24.3 Å². The van der Waals surface area contributed by atoms with Gasteiger partial charge in [-0.05, 0) is 69.2 Å². The van der Waals surface area contributed by atoms with Crippen LogP contribution in [0.1, 0.15) is 44.9 Å². The maximum atomic E-state index is 5.84. The largest absolute Gasteiger partial charge is 0.494 e. The molecule has 3 heteroatoms. The van der Waals surface area contributed by atoms with Crippen LogP contribution in [0.4, 0.5) is 0 Å². The molecule has 1 aliphatic rings. The standard InChI is InChI=1S/C17H26ClNO/c18-16-8-10-17(11-9-16)20-15-7-2-1-4-12-19-13-5-3-6-14-19/h8-11H,1-7,12-15H2/p+1. The average Bonchev–Trinajstić information content (AvgIpc) is 2.49. The molecule has 2 rings (SSSR count). The highest BCUT2D eigenvalue weighted by molar-refractivity contribution is 6.30. The zero-order valence-electron chi connectivity index (χ0n) is 12.4. The predicted octanol–water partition coefficient (Wildman–Crippen LogP) is 3.35. The molecule has 1 aliphatic heterocycles. The van der Waals surface area contributed by atoms with Crippen LogP contribution in [0.5, 0.6) is 5.75 Å². The summed E-state index contributed by atoms with van der Waals surface area (Å²) in [4.78, 5) is 1.83. The Morgan fingerprint density at radius 1 is 0.900 bits per heavy atom. The van der Waals surface area contributed by atoms with E-state index in [1.165, 1.54) is 58.2 Å². The first-order chi connectivity index (χ1) is 9.84. The first-order valence-corrected chi connectivity index (χ1v) is 8.44. The molecule has 0 atom stereocenters. The van der Waals surface area contributed by atoms with Crippen molar-refractivity contribution < 1.29 is 9.64 Å². The molecule has 1 fully saturated rings. The maximum Gasteiger partial charge on any atom is 0.119 e. The normalized spacial score (nSPS) is 16.2. The monoisotopic (exact) mass is 296 g/mol. The maximum absolute atomic E-state index is 5.84. The second kappa shape index (κ2) is 9.25. The molecule has 0 aliphatic carbocycles. The van der Waals surface area contributed by atoms with Crippen molar-refractivity contribution in [3.63, 3.8) is 0 Å². The summed E-state index contributed by atoms with van der Waals surface area (Å²) in [5.74, 6) is 0.923. The predicted molar refractivity (Wildman–Crippen MR) is 84.8 cm³/mol. The molecule has 2 nitrogen and oxygen atoms in total. The highest BCUT2D eigenvalue weighted by atomic mass is 35.5. The molecular weight excluding hydrogens is 270 g/mol. The molecule has 0 spiro atoms. The van der Waals surface area contributed by atoms with Crippen LogP contribution in [0.2, 0.25) is 5.02 Å². The Morgan fingerprint density at radius 3 is 2.35 bits per heavy atom. The summed E-state index contributed by atoms with van der Waals surface area (Å²) in [5.41, 5.74) is 0. The lowest BCUT2D eigenvalue weighted by molar-refractivity contribution is -0.905. The Hall–Kier alpha value is -0.730. The van der Waals surface area contributed by atoms with Gasteiger partial charge in [-0.3, -0.25) is 0 Å². The number of benzene rings is 1. The Kier molecular flexibility index (Phi) is 7.24. The third-order valence-electron chi connectivity index (χ3n) is 4.07. The van der Waals surface area contributed by atoms with Gasteiger partial charge in [0.05, 0.1) is 26.2 Å². The van der Waals surface area contributed by atoms with E-state index in [0.29, 0.717) is 0 Å². The number of unbranched alkanes of at least 4 members (excludes halogenated alkanes) is 3. The molecule has 20 heavy (non-hydrogen) atoms. The summed E-state index contributed by atoms with van der Waals surface area (Å²) in [6.45, 7) is 5.00. The summed E-state index contributed by atoms with van der Waals surface area (Å²) in [6, 6.07) is 7.61. The molecule has 0 bridgehead atoms. The third-order valence-corrected chi connectivity index (χ3v) is 4.32. The van der Waals surface area contributed by atoms with Crippen LogP contribution in [0.25, 0.3) is 0 Å². The first kappa shape index (κ1) is 15.7. The van der Waals surface area contributed by atoms with Gasteiger partial charge in [0.1, 0.15) is 5.75 Å². The van der Waals surface area contributed by atoms with Crippen LogP contribution >= 0.6 is 11.6 Å². The Balaban J connectivity index is 1.44. The highest BCUT2D eigenvalue weighted by Crippen LogP contribution is 2.15. The van der Waals surface area contributed by atoms with Gasteiger partial charge in [0.2, 0.25) is 0 Å². The van der Waals surface area contributed by atoms with Gasteiger partial charge in [-0.1, -0.05) is 11.6 Å². The number of hydrogen-bond acceptors (Lipinski definition) is 1. The van der Waals surface area contributed by atoms with E-state index in [0.717, 1.165) is 23.8 Å². The van der Waals surface area contributed by atoms with Gasteiger partial charge in [-0.25, -0.2) is 0 Å². The zero-order valence-corrected chi connectivity index (χ0v) is 13.1. The van der Waals surface area contributed by atoms with Crippen LogP contribution in [0.3, 0.4) is 0 Å².